The summed E-state index contributed by atoms with van der Waals surface area (Å²) in [6, 6.07) is 0. The van der Waals surface area contributed by atoms with Gasteiger partial charge in [-0.1, -0.05) is 0 Å². The molecule has 0 spiro atoms. The summed E-state index contributed by atoms with van der Waals surface area (Å²) in [4.78, 5) is 12.7. The summed E-state index contributed by atoms with van der Waals surface area (Å²) in [5.74, 6) is 0.162. The first kappa shape index (κ1) is 9.93. The molecule has 0 radical (unpaired) electrons. The highest BCUT2D eigenvalue weighted by Gasteiger charge is 2.31. The van der Waals surface area contributed by atoms with Gasteiger partial charge < -0.3 is 15.0 Å². The molecule has 0 aromatic heterocycles. The average Bonchev–Trinajstić information content (AvgIpc) is 2.12. The highest BCUT2D eigenvalue weighted by molar-refractivity contribution is 5.74. The number of hydrogen-bond donors (Lipinski definition) is 1. The SMILES string of the molecule is CC(=O)N1CC(OC2CCNCC2)C1. The number of nitrogens with zero attached hydrogens (tertiary/aromatic N) is 1. The van der Waals surface area contributed by atoms with E-state index >= 15 is 0 Å². The molecular weight excluding hydrogens is 180 g/mol. The van der Waals surface area contributed by atoms with E-state index in [-0.39, 0.29) is 5.91 Å². The van der Waals surface area contributed by atoms with Gasteiger partial charge in [-0.15, -0.1) is 0 Å². The maximum atomic E-state index is 10.9. The van der Waals surface area contributed by atoms with Crippen LogP contribution < -0.4 is 5.32 Å². The Morgan fingerprint density at radius 1 is 1.29 bits per heavy atom. The van der Waals surface area contributed by atoms with Gasteiger partial charge in [-0.2, -0.15) is 0 Å². The Morgan fingerprint density at radius 2 is 1.93 bits per heavy atom. The molecule has 2 heterocycles. The van der Waals surface area contributed by atoms with Crippen LogP contribution in [0.3, 0.4) is 0 Å². The normalized spacial score (nSPS) is 24.8. The Labute approximate surface area is 84.6 Å². The summed E-state index contributed by atoms with van der Waals surface area (Å²) in [5, 5.41) is 3.31. The van der Waals surface area contributed by atoms with Gasteiger partial charge in [0.2, 0.25) is 5.91 Å². The topological polar surface area (TPSA) is 41.6 Å². The number of amides is 1. The van der Waals surface area contributed by atoms with Crippen molar-refractivity contribution >= 4 is 5.91 Å². The quantitative estimate of drug-likeness (QED) is 0.678. The number of likely N-dealkylation sites (tertiary alicyclic amines) is 1. The number of ether oxygens (including phenoxy) is 1. The van der Waals surface area contributed by atoms with E-state index in [9.17, 15) is 4.79 Å². The van der Waals surface area contributed by atoms with Gasteiger partial charge in [0.1, 0.15) is 0 Å². The molecule has 80 valence electrons. The van der Waals surface area contributed by atoms with E-state index in [2.05, 4.69) is 5.32 Å². The zero-order chi connectivity index (χ0) is 9.97. The summed E-state index contributed by atoms with van der Waals surface area (Å²) < 4.78 is 5.87. The molecule has 2 saturated heterocycles. The van der Waals surface area contributed by atoms with E-state index in [4.69, 9.17) is 4.74 Å². The Morgan fingerprint density at radius 3 is 2.50 bits per heavy atom. The van der Waals surface area contributed by atoms with Crippen LogP contribution in [0.5, 0.6) is 0 Å². The molecular formula is C10H18N2O2. The monoisotopic (exact) mass is 198 g/mol. The largest absolute Gasteiger partial charge is 0.371 e. The molecule has 1 N–H and O–H groups in total. The zero-order valence-corrected chi connectivity index (χ0v) is 8.66. The lowest BCUT2D eigenvalue weighted by Gasteiger charge is -2.40. The van der Waals surface area contributed by atoms with Crippen LogP contribution in [0.1, 0.15) is 19.8 Å². The zero-order valence-electron chi connectivity index (χ0n) is 8.66. The number of carbonyl (C=O) groups is 1. The Kier molecular flexibility index (Phi) is 3.03. The second kappa shape index (κ2) is 4.28. The standard InChI is InChI=1S/C10H18N2O2/c1-8(13)12-6-10(7-12)14-9-2-4-11-5-3-9/h9-11H,2-7H2,1H3. The number of rotatable bonds is 2. The van der Waals surface area contributed by atoms with Gasteiger partial charge in [0.25, 0.3) is 0 Å². The van der Waals surface area contributed by atoms with Crippen LogP contribution in [0.2, 0.25) is 0 Å². The van der Waals surface area contributed by atoms with E-state index in [1.807, 2.05) is 4.90 Å². The molecule has 0 aliphatic carbocycles. The second-order valence-corrected chi connectivity index (χ2v) is 4.13. The fourth-order valence-electron chi connectivity index (χ4n) is 1.99. The van der Waals surface area contributed by atoms with E-state index in [0.717, 1.165) is 39.0 Å². The van der Waals surface area contributed by atoms with Crippen molar-refractivity contribution in [3.8, 4) is 0 Å². The van der Waals surface area contributed by atoms with Gasteiger partial charge in [-0.3, -0.25) is 4.79 Å². The maximum absolute atomic E-state index is 10.9. The van der Waals surface area contributed by atoms with Crippen molar-refractivity contribution in [2.24, 2.45) is 0 Å². The Balaban J connectivity index is 1.65. The molecule has 2 aliphatic rings. The molecule has 4 heteroatoms. The summed E-state index contributed by atoms with van der Waals surface area (Å²) in [6.45, 7) is 5.32. The predicted octanol–water partition coefficient (Wildman–Crippen LogP) is -0.0143. The number of hydrogen-bond acceptors (Lipinski definition) is 3. The maximum Gasteiger partial charge on any atom is 0.219 e. The van der Waals surface area contributed by atoms with E-state index < -0.39 is 0 Å². The van der Waals surface area contributed by atoms with Gasteiger partial charge in [-0.25, -0.2) is 0 Å². The van der Waals surface area contributed by atoms with E-state index in [1.165, 1.54) is 0 Å². The molecule has 0 bridgehead atoms. The van der Waals surface area contributed by atoms with Crippen molar-refractivity contribution in [1.29, 1.82) is 0 Å². The smallest absolute Gasteiger partial charge is 0.219 e. The highest BCUT2D eigenvalue weighted by atomic mass is 16.5. The van der Waals surface area contributed by atoms with Crippen LogP contribution in [-0.4, -0.2) is 49.2 Å². The number of piperidine rings is 1. The van der Waals surface area contributed by atoms with Crippen molar-refractivity contribution in [2.75, 3.05) is 26.2 Å². The van der Waals surface area contributed by atoms with Gasteiger partial charge in [-0.05, 0) is 25.9 Å². The van der Waals surface area contributed by atoms with Crippen molar-refractivity contribution in [3.63, 3.8) is 0 Å². The van der Waals surface area contributed by atoms with Crippen molar-refractivity contribution in [2.45, 2.75) is 32.0 Å². The first-order valence-corrected chi connectivity index (χ1v) is 5.37. The molecule has 2 rings (SSSR count). The van der Waals surface area contributed by atoms with Gasteiger partial charge >= 0.3 is 0 Å². The molecule has 0 atom stereocenters. The van der Waals surface area contributed by atoms with Crippen LogP contribution in [0.15, 0.2) is 0 Å². The second-order valence-electron chi connectivity index (χ2n) is 4.13. The molecule has 0 saturated carbocycles. The third kappa shape index (κ3) is 2.25. The lowest BCUT2D eigenvalue weighted by atomic mass is 10.1. The Hall–Kier alpha value is -0.610. The molecule has 0 unspecified atom stereocenters. The number of carbonyl (C=O) groups excluding carboxylic acids is 1. The molecule has 14 heavy (non-hydrogen) atoms. The summed E-state index contributed by atoms with van der Waals surface area (Å²) in [6.07, 6.45) is 2.92. The summed E-state index contributed by atoms with van der Waals surface area (Å²) in [5.41, 5.74) is 0. The third-order valence-electron chi connectivity index (χ3n) is 2.96. The van der Waals surface area contributed by atoms with Crippen LogP contribution in [-0.2, 0) is 9.53 Å². The molecule has 1 amide bonds. The van der Waals surface area contributed by atoms with Crippen molar-refractivity contribution < 1.29 is 9.53 Å². The van der Waals surface area contributed by atoms with Gasteiger partial charge in [0.05, 0.1) is 12.2 Å². The van der Waals surface area contributed by atoms with Crippen LogP contribution >= 0.6 is 0 Å². The lowest BCUT2D eigenvalue weighted by molar-refractivity contribution is -0.148. The highest BCUT2D eigenvalue weighted by Crippen LogP contribution is 2.17. The minimum atomic E-state index is 0.162. The van der Waals surface area contributed by atoms with Gasteiger partial charge in [0.15, 0.2) is 0 Å². The lowest BCUT2D eigenvalue weighted by Crippen LogP contribution is -2.55. The van der Waals surface area contributed by atoms with Crippen LogP contribution in [0, 0.1) is 0 Å². The molecule has 4 nitrogen and oxygen atoms in total. The van der Waals surface area contributed by atoms with Crippen LogP contribution in [0.4, 0.5) is 0 Å². The summed E-state index contributed by atoms with van der Waals surface area (Å²) in [7, 11) is 0. The fourth-order valence-corrected chi connectivity index (χ4v) is 1.99. The van der Waals surface area contributed by atoms with E-state index in [1.54, 1.807) is 6.92 Å². The first-order chi connectivity index (χ1) is 6.75. The third-order valence-corrected chi connectivity index (χ3v) is 2.96. The minimum absolute atomic E-state index is 0.162. The van der Waals surface area contributed by atoms with E-state index in [0.29, 0.717) is 12.2 Å². The summed E-state index contributed by atoms with van der Waals surface area (Å²) >= 11 is 0. The van der Waals surface area contributed by atoms with Gasteiger partial charge in [0, 0.05) is 20.0 Å². The fraction of sp³-hybridized carbons (Fsp3) is 0.900. The van der Waals surface area contributed by atoms with Crippen LogP contribution in [0.25, 0.3) is 0 Å². The van der Waals surface area contributed by atoms with Crippen molar-refractivity contribution in [1.82, 2.24) is 10.2 Å². The minimum Gasteiger partial charge on any atom is -0.371 e. The Bertz CT molecular complexity index is 208. The molecule has 2 aliphatic heterocycles. The molecule has 0 aromatic rings. The average molecular weight is 198 g/mol. The van der Waals surface area contributed by atoms with Crippen molar-refractivity contribution in [3.05, 3.63) is 0 Å². The number of nitrogens with one attached hydrogen (secondary N) is 1. The first-order valence-electron chi connectivity index (χ1n) is 5.37. The molecule has 2 fully saturated rings. The predicted molar refractivity (Wildman–Crippen MR) is 53.0 cm³/mol. The molecule has 0 aromatic carbocycles.